The molecule has 3 rings (SSSR count). The highest BCUT2D eigenvalue weighted by molar-refractivity contribution is 9.28. The second-order valence-corrected chi connectivity index (χ2v) is 17.8. The number of nitrogens with zero attached hydrogens (tertiary/aromatic N) is 2. The molecule has 3 atom stereocenters. The Morgan fingerprint density at radius 2 is 1.83 bits per heavy atom. The number of hydrogen-bond donors (Lipinski definition) is 0. The van der Waals surface area contributed by atoms with Crippen LogP contribution >= 0.6 is 31.9 Å². The van der Waals surface area contributed by atoms with E-state index in [9.17, 15) is 9.59 Å². The summed E-state index contributed by atoms with van der Waals surface area (Å²) in [6.45, 7) is 11.0. The van der Waals surface area contributed by atoms with E-state index in [1.807, 2.05) is 30.3 Å². The zero-order chi connectivity index (χ0) is 26.7. The molecule has 0 amide bonds. The quantitative estimate of drug-likeness (QED) is 0.335. The Bertz CT molecular complexity index is 1180. The molecule has 0 aliphatic carbocycles. The Morgan fingerprint density at radius 1 is 1.17 bits per heavy atom. The predicted octanol–water partition coefficient (Wildman–Crippen LogP) is 5.50. The van der Waals surface area contributed by atoms with Crippen molar-refractivity contribution in [3.63, 3.8) is 0 Å². The van der Waals surface area contributed by atoms with E-state index in [0.717, 1.165) is 19.3 Å². The summed E-state index contributed by atoms with van der Waals surface area (Å²) < 4.78 is 27.0. The minimum atomic E-state index is -2.09. The fourth-order valence-electron chi connectivity index (χ4n) is 3.62. The molecule has 0 unspecified atom stereocenters. The van der Waals surface area contributed by atoms with Gasteiger partial charge in [-0.05, 0) is 73.8 Å². The highest BCUT2D eigenvalue weighted by Gasteiger charge is 2.44. The highest BCUT2D eigenvalue weighted by Crippen LogP contribution is 2.41. The zero-order valence-electron chi connectivity index (χ0n) is 21.5. The molecule has 36 heavy (non-hydrogen) atoms. The van der Waals surface area contributed by atoms with Gasteiger partial charge in [-0.25, -0.2) is 9.36 Å². The summed E-state index contributed by atoms with van der Waals surface area (Å²) in [6.07, 6.45) is 2.66. The summed E-state index contributed by atoms with van der Waals surface area (Å²) in [5.41, 5.74) is -0.0200. The average Bonchev–Trinajstić information content (AvgIpc) is 3.16. The summed E-state index contributed by atoms with van der Waals surface area (Å²) in [7, 11) is -0.491. The molecule has 0 bridgehead atoms. The van der Waals surface area contributed by atoms with Crippen LogP contribution in [0, 0.1) is 0 Å². The van der Waals surface area contributed by atoms with Crippen molar-refractivity contribution < 1.29 is 18.6 Å². The van der Waals surface area contributed by atoms with E-state index in [2.05, 4.69) is 65.7 Å². The molecular weight excluding hydrogens is 612 g/mol. The van der Waals surface area contributed by atoms with Crippen molar-refractivity contribution >= 4 is 40.2 Å². The van der Waals surface area contributed by atoms with E-state index < -0.39 is 25.8 Å². The Balaban J connectivity index is 1.79. The van der Waals surface area contributed by atoms with Crippen molar-refractivity contribution in [2.75, 3.05) is 7.11 Å². The van der Waals surface area contributed by atoms with E-state index in [-0.39, 0.29) is 30.6 Å². The molecule has 8 nitrogen and oxygen atoms in total. The third-order valence-electron chi connectivity index (χ3n) is 6.71. The van der Waals surface area contributed by atoms with Gasteiger partial charge in [-0.1, -0.05) is 32.9 Å². The molecule has 1 fully saturated rings. The third-order valence-corrected chi connectivity index (χ3v) is 11.7. The van der Waals surface area contributed by atoms with Crippen molar-refractivity contribution in [3.8, 4) is 5.75 Å². The van der Waals surface area contributed by atoms with Crippen molar-refractivity contribution in [1.82, 2.24) is 9.13 Å². The van der Waals surface area contributed by atoms with Crippen LogP contribution in [0.25, 0.3) is 0 Å². The zero-order valence-corrected chi connectivity index (χ0v) is 25.7. The van der Waals surface area contributed by atoms with E-state index in [4.69, 9.17) is 18.6 Å². The van der Waals surface area contributed by atoms with Crippen LogP contribution in [0.4, 0.5) is 0 Å². The Morgan fingerprint density at radius 3 is 2.42 bits per heavy atom. The van der Waals surface area contributed by atoms with Gasteiger partial charge in [-0.3, -0.25) is 9.36 Å². The smallest absolute Gasteiger partial charge is 0.335 e. The summed E-state index contributed by atoms with van der Waals surface area (Å²) >= 11 is 6.83. The van der Waals surface area contributed by atoms with Crippen LogP contribution in [0.3, 0.4) is 0 Å². The fraction of sp³-hybridized carbons (Fsp3) is 0.520. The first-order chi connectivity index (χ1) is 16.8. The Labute approximate surface area is 229 Å². The fourth-order valence-corrected chi connectivity index (χ4v) is 5.49. The summed E-state index contributed by atoms with van der Waals surface area (Å²) in [6, 6.07) is 8.76. The average molecular weight is 646 g/mol. The van der Waals surface area contributed by atoms with E-state index in [1.54, 1.807) is 7.11 Å². The molecule has 1 aliphatic rings. The van der Waals surface area contributed by atoms with Gasteiger partial charge in [0.25, 0.3) is 5.56 Å². The molecule has 198 valence electrons. The lowest BCUT2D eigenvalue weighted by molar-refractivity contribution is 0.00281. The van der Waals surface area contributed by atoms with Gasteiger partial charge >= 0.3 is 5.69 Å². The molecule has 0 N–H and O–H groups in total. The lowest BCUT2D eigenvalue weighted by Gasteiger charge is -2.39. The minimum absolute atomic E-state index is 0.0241. The number of aromatic nitrogens is 2. The number of benzene rings is 1. The maximum atomic E-state index is 13.3. The van der Waals surface area contributed by atoms with Crippen LogP contribution in [0.15, 0.2) is 55.6 Å². The largest absolute Gasteiger partial charge is 0.497 e. The molecule has 1 aromatic heterocycles. The molecule has 2 aromatic rings. The number of methoxy groups -OCH3 is 1. The van der Waals surface area contributed by atoms with Gasteiger partial charge in [-0.2, -0.15) is 0 Å². The van der Waals surface area contributed by atoms with Crippen molar-refractivity contribution in [2.45, 2.75) is 77.1 Å². The molecular formula is C25H34Br2N2O6Si. The first-order valence-electron chi connectivity index (χ1n) is 11.7. The maximum Gasteiger partial charge on any atom is 0.335 e. The van der Waals surface area contributed by atoms with Crippen molar-refractivity contribution in [2.24, 2.45) is 0 Å². The molecule has 1 aliphatic heterocycles. The van der Waals surface area contributed by atoms with Gasteiger partial charge < -0.3 is 18.6 Å². The molecule has 1 saturated heterocycles. The third kappa shape index (κ3) is 7.08. The van der Waals surface area contributed by atoms with Gasteiger partial charge in [-0.15, -0.1) is 0 Å². The molecule has 0 spiro atoms. The summed E-state index contributed by atoms with van der Waals surface area (Å²) in [5.74, 6) is 0.744. The topological polar surface area (TPSA) is 80.9 Å². The van der Waals surface area contributed by atoms with Gasteiger partial charge in [0.1, 0.15) is 24.8 Å². The van der Waals surface area contributed by atoms with Gasteiger partial charge in [0, 0.05) is 18.7 Å². The van der Waals surface area contributed by atoms with E-state index in [1.165, 1.54) is 16.8 Å². The normalized spacial score (nSPS) is 20.4. The van der Waals surface area contributed by atoms with Crippen LogP contribution < -0.4 is 16.0 Å². The SMILES string of the molecule is COc1ccc(COCn2c(=O)ccn([C@H]3C[C@H](O[Si](C)(C)C(C)(C)C)[C@@H](C=C(Br)Br)O3)c2=O)cc1. The number of hydrogen-bond acceptors (Lipinski definition) is 6. The number of ether oxygens (including phenoxy) is 3. The maximum absolute atomic E-state index is 13.3. The first-order valence-corrected chi connectivity index (χ1v) is 16.2. The standard InChI is InChI=1S/C25H34Br2N2O6Si/c1-25(2,3)36(5,6)35-20-14-23(34-19(20)13-21(26)27)28-12-11-22(30)29(24(28)31)16-33-15-17-7-9-18(32-4)10-8-17/h7-13,19-20,23H,14-16H2,1-6H3/t19-,20+,23-/m1/s1. The van der Waals surface area contributed by atoms with Crippen LogP contribution in [-0.2, 0) is 27.2 Å². The first kappa shape index (κ1) is 29.1. The summed E-state index contributed by atoms with van der Waals surface area (Å²) in [5, 5.41) is 0.0241. The molecule has 2 heterocycles. The van der Waals surface area contributed by atoms with Crippen LogP contribution in [0.2, 0.25) is 18.1 Å². The Hall–Kier alpha value is -1.50. The van der Waals surface area contributed by atoms with Crippen molar-refractivity contribution in [1.29, 1.82) is 0 Å². The number of halogens is 2. The van der Waals surface area contributed by atoms with Gasteiger partial charge in [0.15, 0.2) is 8.32 Å². The minimum Gasteiger partial charge on any atom is -0.497 e. The summed E-state index contributed by atoms with van der Waals surface area (Å²) in [4.78, 5) is 25.7. The van der Waals surface area contributed by atoms with Crippen LogP contribution in [0.5, 0.6) is 5.75 Å². The highest BCUT2D eigenvalue weighted by atomic mass is 79.9. The van der Waals surface area contributed by atoms with Crippen LogP contribution in [0.1, 0.15) is 39.0 Å². The number of rotatable bonds is 9. The molecule has 1 aromatic carbocycles. The van der Waals surface area contributed by atoms with E-state index >= 15 is 0 Å². The second kappa shape index (κ2) is 11.9. The van der Waals surface area contributed by atoms with E-state index in [0.29, 0.717) is 6.42 Å². The van der Waals surface area contributed by atoms with Crippen LogP contribution in [-0.4, -0.2) is 36.8 Å². The molecule has 0 saturated carbocycles. The lowest BCUT2D eigenvalue weighted by Crippen LogP contribution is -2.45. The van der Waals surface area contributed by atoms with Gasteiger partial charge in [0.2, 0.25) is 0 Å². The lowest BCUT2D eigenvalue weighted by atomic mass is 10.2. The second-order valence-electron chi connectivity index (χ2n) is 10.3. The Kier molecular flexibility index (Phi) is 9.61. The van der Waals surface area contributed by atoms with Gasteiger partial charge in [0.05, 0.1) is 23.2 Å². The van der Waals surface area contributed by atoms with Crippen molar-refractivity contribution in [3.05, 3.63) is 72.4 Å². The molecule has 11 heteroatoms. The molecule has 0 radical (unpaired) electrons. The monoisotopic (exact) mass is 644 g/mol. The predicted molar refractivity (Wildman–Crippen MR) is 149 cm³/mol.